The average molecular weight is 343 g/mol. The minimum atomic E-state index is -0.924. The van der Waals surface area contributed by atoms with Gasteiger partial charge in [-0.1, -0.05) is 26.0 Å². The Morgan fingerprint density at radius 3 is 2.68 bits per heavy atom. The summed E-state index contributed by atoms with van der Waals surface area (Å²) in [5, 5.41) is 7.01. The molecule has 0 saturated heterocycles. The van der Waals surface area contributed by atoms with Crippen molar-refractivity contribution in [2.24, 2.45) is 11.1 Å². The van der Waals surface area contributed by atoms with Crippen LogP contribution < -0.4 is 11.1 Å². The SMILES string of the molecule is CCOC1CC(N)(C(=O)Nc2ccc(Cn3cncn3)cc2)C1(C)C. The first-order valence-corrected chi connectivity index (χ1v) is 8.50. The van der Waals surface area contributed by atoms with Gasteiger partial charge >= 0.3 is 0 Å². The van der Waals surface area contributed by atoms with E-state index in [1.165, 1.54) is 6.33 Å². The second-order valence-electron chi connectivity index (χ2n) is 7.09. The van der Waals surface area contributed by atoms with Crippen molar-refractivity contribution in [1.29, 1.82) is 0 Å². The number of nitrogens with zero attached hydrogens (tertiary/aromatic N) is 3. The van der Waals surface area contributed by atoms with Crippen LogP contribution in [-0.4, -0.2) is 38.9 Å². The van der Waals surface area contributed by atoms with Gasteiger partial charge in [0.05, 0.1) is 12.6 Å². The summed E-state index contributed by atoms with van der Waals surface area (Å²) in [5.74, 6) is -0.169. The maximum absolute atomic E-state index is 12.7. The van der Waals surface area contributed by atoms with Crippen LogP contribution in [0.3, 0.4) is 0 Å². The first kappa shape index (κ1) is 17.6. The summed E-state index contributed by atoms with van der Waals surface area (Å²) < 4.78 is 7.42. The molecule has 0 bridgehead atoms. The van der Waals surface area contributed by atoms with E-state index in [-0.39, 0.29) is 12.0 Å². The summed E-state index contributed by atoms with van der Waals surface area (Å²) in [4.78, 5) is 16.6. The van der Waals surface area contributed by atoms with Crippen molar-refractivity contribution in [3.8, 4) is 0 Å². The molecule has 0 radical (unpaired) electrons. The number of hydrogen-bond donors (Lipinski definition) is 2. The van der Waals surface area contributed by atoms with Gasteiger partial charge in [0.1, 0.15) is 18.2 Å². The maximum Gasteiger partial charge on any atom is 0.245 e. The van der Waals surface area contributed by atoms with E-state index in [0.717, 1.165) is 11.3 Å². The molecule has 1 aliphatic rings. The molecule has 0 aliphatic heterocycles. The highest BCUT2D eigenvalue weighted by molar-refractivity contribution is 5.99. The second-order valence-corrected chi connectivity index (χ2v) is 7.09. The summed E-state index contributed by atoms with van der Waals surface area (Å²) in [6.07, 6.45) is 3.72. The van der Waals surface area contributed by atoms with Gasteiger partial charge in [-0.3, -0.25) is 4.79 Å². The average Bonchev–Trinajstić information content (AvgIpc) is 3.09. The smallest absolute Gasteiger partial charge is 0.245 e. The normalized spacial score (nSPS) is 24.6. The fourth-order valence-electron chi connectivity index (χ4n) is 3.26. The van der Waals surface area contributed by atoms with E-state index in [1.807, 2.05) is 45.0 Å². The van der Waals surface area contributed by atoms with E-state index in [4.69, 9.17) is 10.5 Å². The van der Waals surface area contributed by atoms with Gasteiger partial charge in [-0.2, -0.15) is 5.10 Å². The quantitative estimate of drug-likeness (QED) is 0.834. The molecule has 25 heavy (non-hydrogen) atoms. The van der Waals surface area contributed by atoms with Crippen LogP contribution in [0.1, 0.15) is 32.8 Å². The molecule has 1 fully saturated rings. The van der Waals surface area contributed by atoms with Crippen molar-refractivity contribution in [2.75, 3.05) is 11.9 Å². The minimum absolute atomic E-state index is 0.0123. The Morgan fingerprint density at radius 1 is 1.40 bits per heavy atom. The zero-order valence-corrected chi connectivity index (χ0v) is 14.9. The highest BCUT2D eigenvalue weighted by atomic mass is 16.5. The van der Waals surface area contributed by atoms with Gasteiger partial charge in [-0.25, -0.2) is 9.67 Å². The predicted molar refractivity (Wildman–Crippen MR) is 94.9 cm³/mol. The Bertz CT molecular complexity index is 726. The van der Waals surface area contributed by atoms with Crippen LogP contribution in [0.4, 0.5) is 5.69 Å². The van der Waals surface area contributed by atoms with Crippen LogP contribution in [0.2, 0.25) is 0 Å². The lowest BCUT2D eigenvalue weighted by atomic mass is 9.54. The largest absolute Gasteiger partial charge is 0.378 e. The van der Waals surface area contributed by atoms with Gasteiger partial charge in [0.2, 0.25) is 5.91 Å². The number of nitrogens with two attached hydrogens (primary N) is 1. The minimum Gasteiger partial charge on any atom is -0.378 e. The van der Waals surface area contributed by atoms with Gasteiger partial charge in [-0.15, -0.1) is 0 Å². The van der Waals surface area contributed by atoms with Gasteiger partial charge in [0, 0.05) is 24.1 Å². The molecule has 1 aromatic carbocycles. The van der Waals surface area contributed by atoms with Gasteiger partial charge in [0.25, 0.3) is 0 Å². The molecule has 7 nitrogen and oxygen atoms in total. The van der Waals surface area contributed by atoms with Crippen molar-refractivity contribution >= 4 is 11.6 Å². The fraction of sp³-hybridized carbons (Fsp3) is 0.500. The van der Waals surface area contributed by atoms with Crippen molar-refractivity contribution in [1.82, 2.24) is 14.8 Å². The number of nitrogens with one attached hydrogen (secondary N) is 1. The maximum atomic E-state index is 12.7. The molecule has 0 spiro atoms. The van der Waals surface area contributed by atoms with E-state index < -0.39 is 11.0 Å². The lowest BCUT2D eigenvalue weighted by Crippen LogP contribution is -2.74. The van der Waals surface area contributed by atoms with Crippen molar-refractivity contribution in [3.05, 3.63) is 42.5 Å². The Labute approximate surface area is 147 Å². The number of carbonyl (C=O) groups is 1. The van der Waals surface area contributed by atoms with Crippen molar-refractivity contribution in [3.63, 3.8) is 0 Å². The highest BCUT2D eigenvalue weighted by Gasteiger charge is 2.62. The summed E-state index contributed by atoms with van der Waals surface area (Å²) in [7, 11) is 0. The Hall–Kier alpha value is -2.25. The van der Waals surface area contributed by atoms with E-state index in [0.29, 0.717) is 19.6 Å². The predicted octanol–water partition coefficient (Wildman–Crippen LogP) is 1.80. The van der Waals surface area contributed by atoms with Gasteiger partial charge in [0.15, 0.2) is 0 Å². The third-order valence-corrected chi connectivity index (χ3v) is 5.26. The lowest BCUT2D eigenvalue weighted by molar-refractivity contribution is -0.166. The first-order chi connectivity index (χ1) is 11.9. The molecule has 3 N–H and O–H groups in total. The zero-order valence-electron chi connectivity index (χ0n) is 14.9. The summed E-state index contributed by atoms with van der Waals surface area (Å²) in [6.45, 7) is 7.18. The topological polar surface area (TPSA) is 95.1 Å². The summed E-state index contributed by atoms with van der Waals surface area (Å²) in [6, 6.07) is 7.66. The van der Waals surface area contributed by atoms with Crippen molar-refractivity contribution in [2.45, 2.75) is 45.4 Å². The zero-order chi connectivity index (χ0) is 18.1. The Kier molecular flexibility index (Phi) is 4.62. The van der Waals surface area contributed by atoms with E-state index >= 15 is 0 Å². The van der Waals surface area contributed by atoms with E-state index in [1.54, 1.807) is 11.0 Å². The Morgan fingerprint density at radius 2 is 2.12 bits per heavy atom. The number of ether oxygens (including phenoxy) is 1. The van der Waals surface area contributed by atoms with E-state index in [2.05, 4.69) is 15.4 Å². The number of amides is 1. The molecular formula is C18H25N5O2. The monoisotopic (exact) mass is 343 g/mol. The molecular weight excluding hydrogens is 318 g/mol. The molecule has 1 aliphatic carbocycles. The number of aromatic nitrogens is 3. The molecule has 2 aromatic rings. The first-order valence-electron chi connectivity index (χ1n) is 8.50. The molecule has 2 unspecified atom stereocenters. The molecule has 3 rings (SSSR count). The van der Waals surface area contributed by atoms with Gasteiger partial charge < -0.3 is 15.8 Å². The van der Waals surface area contributed by atoms with Crippen LogP contribution >= 0.6 is 0 Å². The number of benzene rings is 1. The number of rotatable bonds is 6. The fourth-order valence-corrected chi connectivity index (χ4v) is 3.26. The summed E-state index contributed by atoms with van der Waals surface area (Å²) >= 11 is 0. The summed E-state index contributed by atoms with van der Waals surface area (Å²) in [5.41, 5.74) is 6.88. The van der Waals surface area contributed by atoms with Crippen LogP contribution in [0.15, 0.2) is 36.9 Å². The van der Waals surface area contributed by atoms with Gasteiger partial charge in [-0.05, 0) is 24.6 Å². The molecule has 1 amide bonds. The number of hydrogen-bond acceptors (Lipinski definition) is 5. The third kappa shape index (κ3) is 3.17. The molecule has 2 atom stereocenters. The van der Waals surface area contributed by atoms with Crippen LogP contribution in [0.25, 0.3) is 0 Å². The lowest BCUT2D eigenvalue weighted by Gasteiger charge is -2.57. The number of carbonyl (C=O) groups excluding carboxylic acids is 1. The van der Waals surface area contributed by atoms with Crippen LogP contribution in [-0.2, 0) is 16.1 Å². The molecule has 1 heterocycles. The standard InChI is InChI=1S/C18H25N5O2/c1-4-25-15-9-18(19,17(15,2)3)16(24)22-14-7-5-13(6-8-14)10-23-12-20-11-21-23/h5-8,11-12,15H,4,9-10,19H2,1-3H3,(H,22,24). The molecule has 134 valence electrons. The van der Waals surface area contributed by atoms with Crippen LogP contribution in [0.5, 0.6) is 0 Å². The highest BCUT2D eigenvalue weighted by Crippen LogP contribution is 2.50. The molecule has 7 heteroatoms. The Balaban J connectivity index is 1.63. The molecule has 1 aromatic heterocycles. The van der Waals surface area contributed by atoms with Crippen LogP contribution in [0, 0.1) is 5.41 Å². The number of anilines is 1. The molecule has 1 saturated carbocycles. The van der Waals surface area contributed by atoms with E-state index in [9.17, 15) is 4.79 Å². The second kappa shape index (κ2) is 6.57. The third-order valence-electron chi connectivity index (χ3n) is 5.26. The van der Waals surface area contributed by atoms with Crippen molar-refractivity contribution < 1.29 is 9.53 Å².